The van der Waals surface area contributed by atoms with E-state index in [2.05, 4.69) is 22.6 Å². The molecular weight excluding hydrogens is 378 g/mol. The van der Waals surface area contributed by atoms with Gasteiger partial charge < -0.3 is 5.11 Å². The van der Waals surface area contributed by atoms with E-state index in [1.54, 1.807) is 0 Å². The van der Waals surface area contributed by atoms with Crippen molar-refractivity contribution >= 4 is 34.2 Å². The molecule has 4 heteroatoms. The summed E-state index contributed by atoms with van der Waals surface area (Å²) in [5.74, 6) is -0.342. The van der Waals surface area contributed by atoms with Gasteiger partial charge in [-0.2, -0.15) is 0 Å². The second-order valence-electron chi connectivity index (χ2n) is 4.43. The summed E-state index contributed by atoms with van der Waals surface area (Å²) in [6, 6.07) is 9.98. The zero-order valence-corrected chi connectivity index (χ0v) is 13.2. The molecule has 0 aromatic heterocycles. The Bertz CT molecular complexity index is 601. The summed E-state index contributed by atoms with van der Waals surface area (Å²) in [6.45, 7) is 1.99. The molecule has 1 nitrogen and oxygen atoms in total. The van der Waals surface area contributed by atoms with Crippen LogP contribution in [0.25, 0.3) is 0 Å². The maximum Gasteiger partial charge on any atom is 0.123 e. The minimum absolute atomic E-state index is 0.302. The second-order valence-corrected chi connectivity index (χ2v) is 5.92. The quantitative estimate of drug-likeness (QED) is 0.755. The number of aliphatic hydroxyl groups excluding tert-OH is 1. The Morgan fingerprint density at radius 2 is 2.05 bits per heavy atom. The van der Waals surface area contributed by atoms with Crippen LogP contribution in [0.5, 0.6) is 0 Å². The number of aryl methyl sites for hydroxylation is 1. The topological polar surface area (TPSA) is 20.2 Å². The Morgan fingerprint density at radius 3 is 2.79 bits per heavy atom. The molecule has 0 aliphatic heterocycles. The van der Waals surface area contributed by atoms with Gasteiger partial charge in [0.25, 0.3) is 0 Å². The molecule has 0 spiro atoms. The number of halogens is 3. The average molecular weight is 391 g/mol. The van der Waals surface area contributed by atoms with E-state index in [1.165, 1.54) is 18.2 Å². The Kier molecular flexibility index (Phi) is 4.81. The standard InChI is InChI=1S/C15H13ClFIO/c1-9-3-2-4-12(15(9)18)14(19)8-10-7-11(17)5-6-13(10)16/h2-7,14,19H,8H2,1H3. The lowest BCUT2D eigenvalue weighted by atomic mass is 10.00. The molecule has 1 atom stereocenters. The van der Waals surface area contributed by atoms with Gasteiger partial charge in [-0.05, 0) is 64.4 Å². The summed E-state index contributed by atoms with van der Waals surface area (Å²) >= 11 is 8.23. The van der Waals surface area contributed by atoms with Crippen LogP contribution in [0.2, 0.25) is 5.02 Å². The van der Waals surface area contributed by atoms with Gasteiger partial charge in [0, 0.05) is 15.0 Å². The summed E-state index contributed by atoms with van der Waals surface area (Å²) in [7, 11) is 0. The van der Waals surface area contributed by atoms with E-state index < -0.39 is 6.10 Å². The smallest absolute Gasteiger partial charge is 0.123 e. The zero-order valence-electron chi connectivity index (χ0n) is 10.3. The van der Waals surface area contributed by atoms with Crippen molar-refractivity contribution in [3.8, 4) is 0 Å². The Balaban J connectivity index is 2.28. The van der Waals surface area contributed by atoms with Gasteiger partial charge in [0.15, 0.2) is 0 Å². The molecule has 0 bridgehead atoms. The highest BCUT2D eigenvalue weighted by Gasteiger charge is 2.15. The molecule has 1 N–H and O–H groups in total. The molecule has 0 saturated heterocycles. The number of hydrogen-bond donors (Lipinski definition) is 1. The van der Waals surface area contributed by atoms with E-state index in [4.69, 9.17) is 11.6 Å². The number of rotatable bonds is 3. The van der Waals surface area contributed by atoms with E-state index >= 15 is 0 Å². The molecule has 1 unspecified atom stereocenters. The lowest BCUT2D eigenvalue weighted by Crippen LogP contribution is -2.05. The molecule has 0 radical (unpaired) electrons. The van der Waals surface area contributed by atoms with Crippen LogP contribution in [0.15, 0.2) is 36.4 Å². The van der Waals surface area contributed by atoms with Crippen LogP contribution in [0.1, 0.15) is 22.8 Å². The first-order valence-electron chi connectivity index (χ1n) is 5.86. The SMILES string of the molecule is Cc1cccc(C(O)Cc2cc(F)ccc2Cl)c1I. The van der Waals surface area contributed by atoms with Crippen molar-refractivity contribution in [2.75, 3.05) is 0 Å². The monoisotopic (exact) mass is 390 g/mol. The lowest BCUT2D eigenvalue weighted by Gasteiger charge is -2.15. The molecule has 0 amide bonds. The normalized spacial score (nSPS) is 12.5. The number of hydrogen-bond acceptors (Lipinski definition) is 1. The molecule has 19 heavy (non-hydrogen) atoms. The lowest BCUT2D eigenvalue weighted by molar-refractivity contribution is 0.177. The highest BCUT2D eigenvalue weighted by atomic mass is 127. The zero-order chi connectivity index (χ0) is 14.0. The average Bonchev–Trinajstić information content (AvgIpc) is 2.37. The third kappa shape index (κ3) is 3.46. The maximum atomic E-state index is 13.2. The first-order chi connectivity index (χ1) is 8.99. The molecule has 2 rings (SSSR count). The van der Waals surface area contributed by atoms with Gasteiger partial charge in [-0.15, -0.1) is 0 Å². The van der Waals surface area contributed by atoms with Crippen molar-refractivity contribution in [1.82, 2.24) is 0 Å². The molecule has 0 aliphatic carbocycles. The predicted molar refractivity (Wildman–Crippen MR) is 84.0 cm³/mol. The van der Waals surface area contributed by atoms with Gasteiger partial charge in [0.1, 0.15) is 5.82 Å². The first kappa shape index (κ1) is 14.8. The fourth-order valence-electron chi connectivity index (χ4n) is 1.95. The van der Waals surface area contributed by atoms with Crippen molar-refractivity contribution in [1.29, 1.82) is 0 Å². The summed E-state index contributed by atoms with van der Waals surface area (Å²) in [4.78, 5) is 0. The van der Waals surface area contributed by atoms with Gasteiger partial charge in [-0.3, -0.25) is 0 Å². The number of aliphatic hydroxyl groups is 1. The summed E-state index contributed by atoms with van der Waals surface area (Å²) in [5, 5.41) is 10.8. The molecule has 100 valence electrons. The van der Waals surface area contributed by atoms with Crippen LogP contribution >= 0.6 is 34.2 Å². The predicted octanol–water partition coefficient (Wildman–Crippen LogP) is 4.67. The van der Waals surface area contributed by atoms with Crippen molar-refractivity contribution in [3.05, 3.63) is 67.5 Å². The van der Waals surface area contributed by atoms with Crippen LogP contribution in [0.3, 0.4) is 0 Å². The fourth-order valence-corrected chi connectivity index (χ4v) is 2.86. The third-order valence-electron chi connectivity index (χ3n) is 3.00. The Morgan fingerprint density at radius 1 is 1.32 bits per heavy atom. The van der Waals surface area contributed by atoms with E-state index in [0.29, 0.717) is 17.0 Å². The van der Waals surface area contributed by atoms with Gasteiger partial charge in [-0.25, -0.2) is 4.39 Å². The van der Waals surface area contributed by atoms with Crippen LogP contribution in [0.4, 0.5) is 4.39 Å². The van der Waals surface area contributed by atoms with E-state index in [1.807, 2.05) is 25.1 Å². The summed E-state index contributed by atoms with van der Waals surface area (Å²) < 4.78 is 14.2. The summed E-state index contributed by atoms with van der Waals surface area (Å²) in [6.07, 6.45) is -0.387. The Hall–Kier alpha value is -0.650. The van der Waals surface area contributed by atoms with Crippen LogP contribution in [0, 0.1) is 16.3 Å². The number of benzene rings is 2. The van der Waals surface area contributed by atoms with Crippen molar-refractivity contribution in [3.63, 3.8) is 0 Å². The van der Waals surface area contributed by atoms with Gasteiger partial charge in [0.05, 0.1) is 6.10 Å². The third-order valence-corrected chi connectivity index (χ3v) is 4.84. The van der Waals surface area contributed by atoms with Crippen molar-refractivity contribution in [2.45, 2.75) is 19.4 Å². The molecule has 0 saturated carbocycles. The van der Waals surface area contributed by atoms with E-state index in [9.17, 15) is 9.50 Å². The minimum atomic E-state index is -0.689. The minimum Gasteiger partial charge on any atom is -0.388 e. The van der Waals surface area contributed by atoms with Gasteiger partial charge >= 0.3 is 0 Å². The van der Waals surface area contributed by atoms with Crippen LogP contribution < -0.4 is 0 Å². The largest absolute Gasteiger partial charge is 0.388 e. The molecule has 0 aliphatic rings. The van der Waals surface area contributed by atoms with Gasteiger partial charge in [-0.1, -0.05) is 29.8 Å². The van der Waals surface area contributed by atoms with Crippen molar-refractivity contribution in [2.24, 2.45) is 0 Å². The fraction of sp³-hybridized carbons (Fsp3) is 0.200. The molecule has 0 heterocycles. The van der Waals surface area contributed by atoms with Crippen molar-refractivity contribution < 1.29 is 9.50 Å². The maximum absolute atomic E-state index is 13.2. The summed E-state index contributed by atoms with van der Waals surface area (Å²) in [5.41, 5.74) is 2.58. The Labute approximate surface area is 130 Å². The highest BCUT2D eigenvalue weighted by molar-refractivity contribution is 14.1. The first-order valence-corrected chi connectivity index (χ1v) is 7.31. The molecular formula is C15H13ClFIO. The highest BCUT2D eigenvalue weighted by Crippen LogP contribution is 2.28. The second kappa shape index (κ2) is 6.20. The van der Waals surface area contributed by atoms with Crippen LogP contribution in [-0.2, 0) is 6.42 Å². The molecule has 0 fully saturated rings. The van der Waals surface area contributed by atoms with Crippen LogP contribution in [-0.4, -0.2) is 5.11 Å². The molecule has 2 aromatic rings. The van der Waals surface area contributed by atoms with E-state index in [0.717, 1.165) is 14.7 Å². The molecule has 2 aromatic carbocycles. The van der Waals surface area contributed by atoms with Gasteiger partial charge in [0.2, 0.25) is 0 Å². The van der Waals surface area contributed by atoms with E-state index in [-0.39, 0.29) is 5.82 Å².